The Kier molecular flexibility index (Phi) is 10.5. The van der Waals surface area contributed by atoms with Crippen LogP contribution >= 0.6 is 0 Å². The summed E-state index contributed by atoms with van der Waals surface area (Å²) in [6, 6.07) is 47.1. The second-order valence-corrected chi connectivity index (χ2v) is 18.2. The summed E-state index contributed by atoms with van der Waals surface area (Å²) in [6.45, 7) is 21.4. The molecule has 6 aromatic carbocycles. The van der Waals surface area contributed by atoms with E-state index in [1.807, 2.05) is 38.2 Å². The van der Waals surface area contributed by atoms with E-state index in [0.29, 0.717) is 11.4 Å². The number of hydrogen-bond donors (Lipinski definition) is 1. The van der Waals surface area contributed by atoms with Gasteiger partial charge in [-0.15, -0.1) is 0 Å². The lowest BCUT2D eigenvalue weighted by molar-refractivity contribution is 0.466. The molecule has 1 N–H and O–H groups in total. The van der Waals surface area contributed by atoms with Crippen molar-refractivity contribution in [2.75, 3.05) is 0 Å². The Morgan fingerprint density at radius 3 is 2.02 bits per heavy atom. The molecule has 8 rings (SSSR count). The van der Waals surface area contributed by atoms with E-state index in [9.17, 15) is 6.48 Å². The van der Waals surface area contributed by atoms with E-state index in [4.69, 9.17) is 9.97 Å². The first-order valence-electron chi connectivity index (χ1n) is 21.8. The van der Waals surface area contributed by atoms with Gasteiger partial charge in [-0.3, -0.25) is 9.55 Å². The normalized spacial score (nSPS) is 12.4. The van der Waals surface area contributed by atoms with Crippen LogP contribution in [0.15, 0.2) is 140 Å². The number of pyridine rings is 1. The van der Waals surface area contributed by atoms with Gasteiger partial charge in [0.2, 0.25) is 0 Å². The van der Waals surface area contributed by atoms with E-state index in [1.165, 1.54) is 11.1 Å². The van der Waals surface area contributed by atoms with E-state index in [0.717, 1.165) is 78.0 Å². The number of hydrogen-bond acceptors (Lipinski definition) is 3. The number of rotatable bonds is 9. The predicted octanol–water partition coefficient (Wildman–Crippen LogP) is 15.4. The van der Waals surface area contributed by atoms with Crippen LogP contribution in [0.4, 0.5) is 0 Å². The van der Waals surface area contributed by atoms with Crippen molar-refractivity contribution in [2.45, 2.75) is 92.4 Å². The quantitative estimate of drug-likeness (QED) is 0.158. The highest BCUT2D eigenvalue weighted by atomic mass is 16.3. The average Bonchev–Trinajstić information content (AvgIpc) is 3.63. The fourth-order valence-electron chi connectivity index (χ4n) is 8.23. The fraction of sp³-hybridized carbons (Fsp3) is 0.250. The Labute approximate surface area is 358 Å². The Balaban J connectivity index is 1.41. The monoisotopic (exact) mass is 788 g/mol. The van der Waals surface area contributed by atoms with Crippen molar-refractivity contribution in [3.8, 4) is 67.5 Å². The van der Waals surface area contributed by atoms with Gasteiger partial charge in [0.15, 0.2) is 0 Å². The second-order valence-electron chi connectivity index (χ2n) is 18.2. The number of para-hydroxylation sites is 1. The van der Waals surface area contributed by atoms with Crippen LogP contribution in [0.5, 0.6) is 5.75 Å². The van der Waals surface area contributed by atoms with Crippen molar-refractivity contribution in [1.29, 1.82) is 0 Å². The Morgan fingerprint density at radius 2 is 1.33 bits per heavy atom. The molecule has 0 aliphatic carbocycles. The highest BCUT2D eigenvalue weighted by Gasteiger charge is 2.25. The number of aromatic nitrogens is 3. The molecule has 0 aliphatic heterocycles. The summed E-state index contributed by atoms with van der Waals surface area (Å²) in [5, 5.41) is 12.2. The van der Waals surface area contributed by atoms with E-state index < -0.39 is 5.89 Å². The summed E-state index contributed by atoms with van der Waals surface area (Å²) < 4.78 is 11.5. The van der Waals surface area contributed by atoms with Crippen LogP contribution in [0, 0.1) is 6.92 Å². The van der Waals surface area contributed by atoms with E-state index in [-0.39, 0.29) is 23.0 Å². The van der Waals surface area contributed by atoms with Crippen LogP contribution in [-0.4, -0.2) is 19.6 Å². The van der Waals surface area contributed by atoms with Crippen molar-refractivity contribution in [2.24, 2.45) is 0 Å². The van der Waals surface area contributed by atoms with Gasteiger partial charge in [0, 0.05) is 24.4 Å². The Bertz CT molecular complexity index is 2890. The van der Waals surface area contributed by atoms with Gasteiger partial charge in [0.25, 0.3) is 0 Å². The molecule has 0 saturated heterocycles. The lowest BCUT2D eigenvalue weighted by Gasteiger charge is -2.22. The first kappa shape index (κ1) is 39.2. The first-order valence-corrected chi connectivity index (χ1v) is 21.3. The molecule has 302 valence electrons. The van der Waals surface area contributed by atoms with Gasteiger partial charge in [-0.1, -0.05) is 153 Å². The molecular weight excluding hydrogens is 731 g/mol. The maximum absolute atomic E-state index is 12.2. The zero-order valence-corrected chi connectivity index (χ0v) is 36.7. The Hall–Kier alpha value is -6.26. The number of aromatic hydroxyl groups is 1. The van der Waals surface area contributed by atoms with Crippen molar-refractivity contribution < 1.29 is 6.48 Å². The fourth-order valence-corrected chi connectivity index (χ4v) is 8.23. The summed E-state index contributed by atoms with van der Waals surface area (Å²) in [7, 11) is 0. The molecule has 0 atom stereocenters. The highest BCUT2D eigenvalue weighted by Crippen LogP contribution is 2.44. The molecule has 0 bridgehead atoms. The molecule has 2 aromatic heterocycles. The molecule has 4 heteroatoms. The van der Waals surface area contributed by atoms with Gasteiger partial charge >= 0.3 is 0 Å². The molecule has 8 aromatic rings. The Morgan fingerprint density at radius 1 is 0.600 bits per heavy atom. The number of phenols is 1. The SMILES string of the molecule is [2H]C(C)(C)c1cc(-n2c(-c3cc(C(C)C)cc(C(C)C)c3O)nc3c(-c4cc(-c5cc(-c6ccc(C)cc6)ccn5)cc(C(C)(C)C)c4)cccc32)ccc1-c1ccccc1. The topological polar surface area (TPSA) is 50.9 Å². The smallest absolute Gasteiger partial charge is 0.149 e. The van der Waals surface area contributed by atoms with Crippen molar-refractivity contribution in [1.82, 2.24) is 14.5 Å². The lowest BCUT2D eigenvalue weighted by atomic mass is 9.83. The molecular formula is C56H57N3O. The van der Waals surface area contributed by atoms with E-state index in [2.05, 4.69) is 175 Å². The summed E-state index contributed by atoms with van der Waals surface area (Å²) >= 11 is 0. The van der Waals surface area contributed by atoms with Gasteiger partial charge in [-0.25, -0.2) is 4.98 Å². The molecule has 0 spiro atoms. The predicted molar refractivity (Wildman–Crippen MR) is 253 cm³/mol. The maximum Gasteiger partial charge on any atom is 0.149 e. The molecule has 0 saturated carbocycles. The zero-order valence-electron chi connectivity index (χ0n) is 37.7. The number of benzene rings is 6. The van der Waals surface area contributed by atoms with Crippen LogP contribution in [0.3, 0.4) is 0 Å². The zero-order chi connectivity index (χ0) is 43.4. The van der Waals surface area contributed by atoms with Crippen molar-refractivity contribution in [3.05, 3.63) is 167 Å². The minimum Gasteiger partial charge on any atom is -0.507 e. The minimum absolute atomic E-state index is 0.100. The second kappa shape index (κ2) is 16.1. The first-order chi connectivity index (χ1) is 29.0. The number of fused-ring (bicyclic) bond motifs is 1. The summed E-state index contributed by atoms with van der Waals surface area (Å²) in [4.78, 5) is 10.5. The third kappa shape index (κ3) is 7.79. The standard InChI is InChI=1S/C56H57N3O/c1-34(2)41-30-49(36(5)6)54(60)50(31-41)55-58-53-47(17-14-18-52(53)59(55)45-23-24-46(48(33-45)35(3)4)39-15-12-11-13-16-39)42-27-43(29-44(28-42)56(8,9)10)51-32-40(25-26-57-51)38-21-19-37(7)20-22-38/h11-36,60H,1-10H3/i35D. The van der Waals surface area contributed by atoms with Gasteiger partial charge < -0.3 is 5.11 Å². The lowest BCUT2D eigenvalue weighted by Crippen LogP contribution is -2.11. The van der Waals surface area contributed by atoms with Crippen LogP contribution in [0.2, 0.25) is 0 Å². The highest BCUT2D eigenvalue weighted by molar-refractivity contribution is 5.97. The maximum atomic E-state index is 12.2. The van der Waals surface area contributed by atoms with Crippen molar-refractivity contribution >= 4 is 11.0 Å². The van der Waals surface area contributed by atoms with E-state index >= 15 is 0 Å². The van der Waals surface area contributed by atoms with Crippen molar-refractivity contribution in [3.63, 3.8) is 0 Å². The number of nitrogens with zero attached hydrogens (tertiary/aromatic N) is 3. The van der Waals surface area contributed by atoms with Crippen LogP contribution in [0.1, 0.15) is 109 Å². The molecule has 0 fully saturated rings. The third-order valence-corrected chi connectivity index (χ3v) is 11.8. The average molecular weight is 789 g/mol. The largest absolute Gasteiger partial charge is 0.507 e. The molecule has 0 aliphatic rings. The summed E-state index contributed by atoms with van der Waals surface area (Å²) in [6.07, 6.45) is 1.90. The number of aryl methyl sites for hydroxylation is 1. The number of imidazole rings is 1. The molecule has 0 radical (unpaired) electrons. The molecule has 60 heavy (non-hydrogen) atoms. The van der Waals surface area contributed by atoms with Crippen LogP contribution in [0.25, 0.3) is 72.7 Å². The van der Waals surface area contributed by atoms with Gasteiger partial charge in [0.1, 0.15) is 11.6 Å². The van der Waals surface area contributed by atoms with Gasteiger partial charge in [-0.2, -0.15) is 0 Å². The third-order valence-electron chi connectivity index (χ3n) is 11.8. The minimum atomic E-state index is -0.901. The van der Waals surface area contributed by atoms with Gasteiger partial charge in [-0.05, 0) is 129 Å². The van der Waals surface area contributed by atoms with Crippen LogP contribution in [-0.2, 0) is 5.41 Å². The summed E-state index contributed by atoms with van der Waals surface area (Å²) in [5.74, 6) is 0.342. The van der Waals surface area contributed by atoms with E-state index in [1.54, 1.807) is 0 Å². The van der Waals surface area contributed by atoms with Crippen LogP contribution < -0.4 is 0 Å². The molecule has 0 unspecified atom stereocenters. The molecule has 2 heterocycles. The number of phenolic OH excluding ortho intramolecular Hbond substituents is 1. The molecule has 4 nitrogen and oxygen atoms in total. The molecule has 0 amide bonds. The summed E-state index contributed by atoms with van der Waals surface area (Å²) in [5.41, 5.74) is 16.9. The van der Waals surface area contributed by atoms with Gasteiger partial charge in [0.05, 0.1) is 22.3 Å².